The number of aromatic nitrogens is 2. The molecule has 0 amide bonds. The van der Waals surface area contributed by atoms with Crippen LogP contribution in [0.15, 0.2) is 22.0 Å². The Balaban J connectivity index is 1.90. The molecule has 0 radical (unpaired) electrons. The molecule has 0 fully saturated rings. The van der Waals surface area contributed by atoms with Gasteiger partial charge in [0.05, 0.1) is 4.88 Å². The molecule has 1 atom stereocenters. The highest BCUT2D eigenvalue weighted by atomic mass is 32.1. The normalized spacial score (nSPS) is 13.2. The van der Waals surface area contributed by atoms with E-state index in [-0.39, 0.29) is 0 Å². The third-order valence-electron chi connectivity index (χ3n) is 2.65. The van der Waals surface area contributed by atoms with E-state index in [1.165, 1.54) is 9.40 Å². The minimum atomic E-state index is -0.631. The van der Waals surface area contributed by atoms with Crippen LogP contribution in [0.2, 0.25) is 0 Å². The lowest BCUT2D eigenvalue weighted by atomic mass is 10.2. The van der Waals surface area contributed by atoms with Gasteiger partial charge in [-0.2, -0.15) is 4.98 Å². The van der Waals surface area contributed by atoms with Crippen LogP contribution in [0.25, 0.3) is 20.2 Å². The zero-order valence-corrected chi connectivity index (χ0v) is 11.4. The van der Waals surface area contributed by atoms with Gasteiger partial charge in [0.25, 0.3) is 5.89 Å². The van der Waals surface area contributed by atoms with Gasteiger partial charge in [-0.25, -0.2) is 0 Å². The summed E-state index contributed by atoms with van der Waals surface area (Å²) in [7, 11) is 0. The van der Waals surface area contributed by atoms with Crippen molar-refractivity contribution in [3.05, 3.63) is 23.3 Å². The Bertz CT molecular complexity index is 627. The van der Waals surface area contributed by atoms with Crippen molar-refractivity contribution in [1.29, 1.82) is 0 Å². The van der Waals surface area contributed by atoms with Gasteiger partial charge in [-0.05, 0) is 23.9 Å². The maximum absolute atomic E-state index is 9.80. The third kappa shape index (κ3) is 2.07. The van der Waals surface area contributed by atoms with Gasteiger partial charge in [-0.1, -0.05) is 18.5 Å². The van der Waals surface area contributed by atoms with Crippen molar-refractivity contribution in [1.82, 2.24) is 10.1 Å². The van der Waals surface area contributed by atoms with Crippen LogP contribution < -0.4 is 0 Å². The Labute approximate surface area is 112 Å². The molecule has 94 valence electrons. The molecular weight excluding hydrogens is 268 g/mol. The summed E-state index contributed by atoms with van der Waals surface area (Å²) in [5, 5.41) is 15.7. The summed E-state index contributed by atoms with van der Waals surface area (Å²) in [4.78, 5) is 5.22. The molecule has 6 heteroatoms. The molecule has 0 aliphatic carbocycles. The highest BCUT2D eigenvalue weighted by Gasteiger charge is 2.17. The van der Waals surface area contributed by atoms with Gasteiger partial charge < -0.3 is 9.63 Å². The van der Waals surface area contributed by atoms with Crippen LogP contribution in [0.3, 0.4) is 0 Å². The topological polar surface area (TPSA) is 59.2 Å². The number of aliphatic hydroxyl groups is 1. The van der Waals surface area contributed by atoms with E-state index in [1.54, 1.807) is 22.7 Å². The molecule has 4 nitrogen and oxygen atoms in total. The predicted molar refractivity (Wildman–Crippen MR) is 72.9 cm³/mol. The Hall–Kier alpha value is -1.24. The Kier molecular flexibility index (Phi) is 3.15. The van der Waals surface area contributed by atoms with E-state index >= 15 is 0 Å². The number of hydrogen-bond acceptors (Lipinski definition) is 6. The van der Waals surface area contributed by atoms with E-state index in [9.17, 15) is 5.11 Å². The molecule has 3 aromatic rings. The van der Waals surface area contributed by atoms with Crippen molar-refractivity contribution >= 4 is 32.1 Å². The van der Waals surface area contributed by atoms with E-state index < -0.39 is 6.10 Å². The van der Waals surface area contributed by atoms with E-state index in [0.29, 0.717) is 18.1 Å². The first-order chi connectivity index (χ1) is 8.78. The molecule has 0 aliphatic heterocycles. The second kappa shape index (κ2) is 4.79. The van der Waals surface area contributed by atoms with Gasteiger partial charge in [0.1, 0.15) is 6.10 Å². The van der Waals surface area contributed by atoms with Crippen molar-refractivity contribution in [3.63, 3.8) is 0 Å². The van der Waals surface area contributed by atoms with Crippen LogP contribution in [0.5, 0.6) is 0 Å². The average Bonchev–Trinajstić information content (AvgIpc) is 3.03. The highest BCUT2D eigenvalue weighted by molar-refractivity contribution is 7.28. The summed E-state index contributed by atoms with van der Waals surface area (Å²) >= 11 is 3.32. The fraction of sp³-hybridized carbons (Fsp3) is 0.333. The first kappa shape index (κ1) is 11.8. The van der Waals surface area contributed by atoms with Gasteiger partial charge in [-0.3, -0.25) is 0 Å². The van der Waals surface area contributed by atoms with Crippen molar-refractivity contribution in [2.45, 2.75) is 25.9 Å². The molecule has 1 N–H and O–H groups in total. The highest BCUT2D eigenvalue weighted by Crippen LogP contribution is 2.35. The summed E-state index contributed by atoms with van der Waals surface area (Å²) in [6.45, 7) is 2.01. The van der Waals surface area contributed by atoms with E-state index in [4.69, 9.17) is 4.52 Å². The van der Waals surface area contributed by atoms with Crippen LogP contribution in [0.1, 0.15) is 31.7 Å². The summed E-state index contributed by atoms with van der Waals surface area (Å²) < 4.78 is 7.66. The fourth-order valence-electron chi connectivity index (χ4n) is 1.74. The molecule has 3 aromatic heterocycles. The van der Waals surface area contributed by atoms with Crippen molar-refractivity contribution in [2.75, 3.05) is 0 Å². The SMILES string of the molecule is CCCC(O)c1noc(-c2cc3sccc3s2)n1. The number of rotatable bonds is 4. The second-order valence-corrected chi connectivity index (χ2v) is 6.05. The standard InChI is InChI=1S/C12H12N2O2S2/c1-2-3-7(15)11-13-12(16-14-11)10-6-9-8(18-10)4-5-17-9/h4-7,15H,2-3H2,1H3. The van der Waals surface area contributed by atoms with Crippen LogP contribution in [0, 0.1) is 0 Å². The number of nitrogens with zero attached hydrogens (tertiary/aromatic N) is 2. The quantitative estimate of drug-likeness (QED) is 0.788. The number of thiophene rings is 2. The molecule has 3 rings (SSSR count). The second-order valence-electron chi connectivity index (χ2n) is 4.02. The minimum Gasteiger partial charge on any atom is -0.385 e. The first-order valence-electron chi connectivity index (χ1n) is 5.77. The van der Waals surface area contributed by atoms with Crippen LogP contribution in [-0.2, 0) is 0 Å². The summed E-state index contributed by atoms with van der Waals surface area (Å²) in [5.74, 6) is 0.872. The van der Waals surface area contributed by atoms with Crippen LogP contribution >= 0.6 is 22.7 Å². The van der Waals surface area contributed by atoms with Gasteiger partial charge in [0.15, 0.2) is 0 Å². The third-order valence-corrected chi connectivity index (χ3v) is 4.73. The largest absolute Gasteiger partial charge is 0.385 e. The predicted octanol–water partition coefficient (Wildman–Crippen LogP) is 3.85. The molecule has 0 aliphatic rings. The Morgan fingerprint density at radius 2 is 2.33 bits per heavy atom. The number of aliphatic hydroxyl groups excluding tert-OH is 1. The lowest BCUT2D eigenvalue weighted by molar-refractivity contribution is 0.153. The van der Waals surface area contributed by atoms with Crippen LogP contribution in [0.4, 0.5) is 0 Å². The number of hydrogen-bond donors (Lipinski definition) is 1. The maximum atomic E-state index is 9.80. The molecule has 3 heterocycles. The van der Waals surface area contributed by atoms with E-state index in [1.807, 2.05) is 13.0 Å². The molecule has 18 heavy (non-hydrogen) atoms. The van der Waals surface area contributed by atoms with Crippen molar-refractivity contribution in [3.8, 4) is 10.8 Å². The Morgan fingerprint density at radius 1 is 1.44 bits per heavy atom. The minimum absolute atomic E-state index is 0.378. The maximum Gasteiger partial charge on any atom is 0.268 e. The van der Waals surface area contributed by atoms with Gasteiger partial charge in [0.2, 0.25) is 5.82 Å². The zero-order valence-electron chi connectivity index (χ0n) is 9.79. The molecule has 0 saturated heterocycles. The van der Waals surface area contributed by atoms with Gasteiger partial charge >= 0.3 is 0 Å². The fourth-order valence-corrected chi connectivity index (χ4v) is 3.77. The lowest BCUT2D eigenvalue weighted by Crippen LogP contribution is -1.98. The van der Waals surface area contributed by atoms with E-state index in [0.717, 1.165) is 11.3 Å². The first-order valence-corrected chi connectivity index (χ1v) is 7.46. The average molecular weight is 280 g/mol. The number of fused-ring (bicyclic) bond motifs is 1. The lowest BCUT2D eigenvalue weighted by Gasteiger charge is -2.00. The van der Waals surface area contributed by atoms with Crippen LogP contribution in [-0.4, -0.2) is 15.2 Å². The molecule has 1 unspecified atom stereocenters. The van der Waals surface area contributed by atoms with Crippen molar-refractivity contribution in [2.24, 2.45) is 0 Å². The molecular formula is C12H12N2O2S2. The van der Waals surface area contributed by atoms with Crippen molar-refractivity contribution < 1.29 is 9.63 Å². The zero-order chi connectivity index (χ0) is 12.5. The smallest absolute Gasteiger partial charge is 0.268 e. The molecule has 0 aromatic carbocycles. The molecule has 0 saturated carbocycles. The van der Waals surface area contributed by atoms with E-state index in [2.05, 4.69) is 21.6 Å². The molecule has 0 spiro atoms. The summed E-state index contributed by atoms with van der Waals surface area (Å²) in [5.41, 5.74) is 0. The molecule has 0 bridgehead atoms. The summed E-state index contributed by atoms with van der Waals surface area (Å²) in [6.07, 6.45) is 0.909. The summed E-state index contributed by atoms with van der Waals surface area (Å²) in [6, 6.07) is 4.13. The Morgan fingerprint density at radius 3 is 3.11 bits per heavy atom. The van der Waals surface area contributed by atoms with Gasteiger partial charge in [-0.15, -0.1) is 22.7 Å². The monoisotopic (exact) mass is 280 g/mol. The van der Waals surface area contributed by atoms with Gasteiger partial charge in [0, 0.05) is 9.40 Å².